The van der Waals surface area contributed by atoms with E-state index in [4.69, 9.17) is 11.1 Å². The maximum absolute atomic E-state index is 10.8. The zero-order chi connectivity index (χ0) is 9.94. The normalized spacial score (nSPS) is 8.00. The Morgan fingerprint density at radius 1 is 1.31 bits per heavy atom. The molecular formula is C5H9N7O. The lowest BCUT2D eigenvalue weighted by molar-refractivity contribution is -0.119. The summed E-state index contributed by atoms with van der Waals surface area (Å²) >= 11 is 0. The number of hydrogen-bond acceptors (Lipinski definition) is 3. The molecule has 0 aliphatic carbocycles. The molecule has 0 saturated heterocycles. The molecule has 0 atom stereocenters. The number of azide groups is 2. The molecule has 0 saturated carbocycles. The van der Waals surface area contributed by atoms with Crippen molar-refractivity contribution in [2.45, 2.75) is 6.42 Å². The van der Waals surface area contributed by atoms with Crippen molar-refractivity contribution < 1.29 is 4.79 Å². The van der Waals surface area contributed by atoms with E-state index in [1.165, 1.54) is 0 Å². The number of nitrogens with one attached hydrogen (secondary N) is 1. The fraction of sp³-hybridized carbons (Fsp3) is 0.800. The van der Waals surface area contributed by atoms with E-state index in [1.807, 2.05) is 0 Å². The van der Waals surface area contributed by atoms with Crippen LogP contribution in [-0.2, 0) is 4.79 Å². The van der Waals surface area contributed by atoms with Gasteiger partial charge in [0, 0.05) is 22.9 Å². The monoisotopic (exact) mass is 183 g/mol. The summed E-state index contributed by atoms with van der Waals surface area (Å²) in [6.07, 6.45) is 0.575. The summed E-state index contributed by atoms with van der Waals surface area (Å²) in [6, 6.07) is 0. The van der Waals surface area contributed by atoms with Gasteiger partial charge in [0.05, 0.1) is 0 Å². The minimum absolute atomic E-state index is 0.196. The van der Waals surface area contributed by atoms with Crippen molar-refractivity contribution in [1.29, 1.82) is 0 Å². The van der Waals surface area contributed by atoms with Gasteiger partial charge in [-0.1, -0.05) is 10.2 Å². The van der Waals surface area contributed by atoms with Crippen LogP contribution < -0.4 is 5.32 Å². The number of amides is 1. The van der Waals surface area contributed by atoms with Crippen LogP contribution in [0.2, 0.25) is 0 Å². The number of hydrogen-bond donors (Lipinski definition) is 1. The molecule has 0 rings (SSSR count). The second kappa shape index (κ2) is 8.19. The molecule has 8 heteroatoms. The molecule has 1 N–H and O–H groups in total. The van der Waals surface area contributed by atoms with Crippen LogP contribution in [0, 0.1) is 0 Å². The SMILES string of the molecule is [N-]=[N+]=NCCCNC(=O)CN=[N+]=[N-]. The van der Waals surface area contributed by atoms with Crippen LogP contribution in [-0.4, -0.2) is 25.5 Å². The van der Waals surface area contributed by atoms with Crippen molar-refractivity contribution in [1.82, 2.24) is 5.32 Å². The largest absolute Gasteiger partial charge is 0.356 e. The maximum Gasteiger partial charge on any atom is 0.225 e. The lowest BCUT2D eigenvalue weighted by Gasteiger charge is -1.99. The average Bonchev–Trinajstić information content (AvgIpc) is 2.14. The molecule has 0 bridgehead atoms. The summed E-state index contributed by atoms with van der Waals surface area (Å²) < 4.78 is 0. The van der Waals surface area contributed by atoms with Gasteiger partial charge < -0.3 is 5.32 Å². The Kier molecular flexibility index (Phi) is 6.99. The predicted octanol–water partition coefficient (Wildman–Crippen LogP) is 1.11. The third-order valence-corrected chi connectivity index (χ3v) is 1.10. The molecule has 0 aromatic rings. The van der Waals surface area contributed by atoms with Gasteiger partial charge in [0.15, 0.2) is 0 Å². The highest BCUT2D eigenvalue weighted by Crippen LogP contribution is 1.80. The Morgan fingerprint density at radius 2 is 2.00 bits per heavy atom. The Hall–Kier alpha value is -1.91. The summed E-state index contributed by atoms with van der Waals surface area (Å²) in [7, 11) is 0. The van der Waals surface area contributed by atoms with Gasteiger partial charge in [-0.3, -0.25) is 4.79 Å². The highest BCUT2D eigenvalue weighted by molar-refractivity contribution is 5.78. The number of carbonyl (C=O) groups excluding carboxylic acids is 1. The first-order valence-electron chi connectivity index (χ1n) is 3.59. The highest BCUT2D eigenvalue weighted by Gasteiger charge is 1.95. The van der Waals surface area contributed by atoms with Crippen LogP contribution in [0.3, 0.4) is 0 Å². The van der Waals surface area contributed by atoms with E-state index in [9.17, 15) is 4.79 Å². The smallest absolute Gasteiger partial charge is 0.225 e. The second-order valence-corrected chi connectivity index (χ2v) is 2.05. The van der Waals surface area contributed by atoms with Gasteiger partial charge in [-0.15, -0.1) is 0 Å². The van der Waals surface area contributed by atoms with Crippen LogP contribution in [0.15, 0.2) is 10.2 Å². The van der Waals surface area contributed by atoms with E-state index in [0.29, 0.717) is 19.5 Å². The zero-order valence-electron chi connectivity index (χ0n) is 6.92. The van der Waals surface area contributed by atoms with Crippen molar-refractivity contribution in [2.24, 2.45) is 10.2 Å². The van der Waals surface area contributed by atoms with Crippen molar-refractivity contribution in [3.63, 3.8) is 0 Å². The van der Waals surface area contributed by atoms with Crippen molar-refractivity contribution in [2.75, 3.05) is 19.6 Å². The van der Waals surface area contributed by atoms with Gasteiger partial charge in [-0.05, 0) is 17.5 Å². The van der Waals surface area contributed by atoms with Crippen LogP contribution >= 0.6 is 0 Å². The van der Waals surface area contributed by atoms with E-state index in [-0.39, 0.29) is 12.5 Å². The first-order valence-corrected chi connectivity index (χ1v) is 3.59. The van der Waals surface area contributed by atoms with Crippen molar-refractivity contribution >= 4 is 5.91 Å². The molecule has 0 aliphatic heterocycles. The number of carbonyl (C=O) groups is 1. The van der Waals surface area contributed by atoms with E-state index in [2.05, 4.69) is 25.4 Å². The molecular weight excluding hydrogens is 174 g/mol. The summed E-state index contributed by atoms with van der Waals surface area (Å²) in [5, 5.41) is 8.84. The standard InChI is InChI=1S/C5H9N7O/c6-11-9-3-1-2-8-5(13)4-10-12-7/h1-4H2,(H,8,13). The molecule has 0 radical (unpaired) electrons. The van der Waals surface area contributed by atoms with Gasteiger partial charge in [0.1, 0.15) is 6.54 Å². The van der Waals surface area contributed by atoms with Gasteiger partial charge >= 0.3 is 0 Å². The lowest BCUT2D eigenvalue weighted by atomic mass is 10.4. The van der Waals surface area contributed by atoms with Gasteiger partial charge in [-0.25, -0.2) is 0 Å². The van der Waals surface area contributed by atoms with Crippen LogP contribution in [0.4, 0.5) is 0 Å². The molecule has 0 heterocycles. The van der Waals surface area contributed by atoms with Crippen molar-refractivity contribution in [3.05, 3.63) is 20.9 Å². The predicted molar refractivity (Wildman–Crippen MR) is 45.7 cm³/mol. The molecule has 0 unspecified atom stereocenters. The maximum atomic E-state index is 10.8. The minimum Gasteiger partial charge on any atom is -0.356 e. The molecule has 13 heavy (non-hydrogen) atoms. The van der Waals surface area contributed by atoms with Crippen LogP contribution in [0.5, 0.6) is 0 Å². The first-order chi connectivity index (χ1) is 6.31. The Morgan fingerprint density at radius 3 is 2.62 bits per heavy atom. The van der Waals surface area contributed by atoms with E-state index < -0.39 is 0 Å². The summed E-state index contributed by atoms with van der Waals surface area (Å²) in [5.41, 5.74) is 15.8. The molecule has 0 fully saturated rings. The minimum atomic E-state index is -0.335. The fourth-order valence-corrected chi connectivity index (χ4v) is 0.574. The fourth-order valence-electron chi connectivity index (χ4n) is 0.574. The summed E-state index contributed by atoms with van der Waals surface area (Å²) in [4.78, 5) is 15.7. The first kappa shape index (κ1) is 11.1. The van der Waals surface area contributed by atoms with Crippen molar-refractivity contribution in [3.8, 4) is 0 Å². The molecule has 70 valence electrons. The topological polar surface area (TPSA) is 127 Å². The third kappa shape index (κ3) is 7.99. The third-order valence-electron chi connectivity index (χ3n) is 1.10. The molecule has 1 amide bonds. The van der Waals surface area contributed by atoms with E-state index >= 15 is 0 Å². The average molecular weight is 183 g/mol. The summed E-state index contributed by atoms with van der Waals surface area (Å²) in [5.74, 6) is -0.335. The highest BCUT2D eigenvalue weighted by atomic mass is 16.1. The Bertz CT molecular complexity index is 250. The van der Waals surface area contributed by atoms with Gasteiger partial charge in [-0.2, -0.15) is 0 Å². The van der Waals surface area contributed by atoms with Crippen LogP contribution in [0.25, 0.3) is 20.9 Å². The molecule has 8 nitrogen and oxygen atoms in total. The van der Waals surface area contributed by atoms with Gasteiger partial charge in [0.2, 0.25) is 5.91 Å². The van der Waals surface area contributed by atoms with E-state index in [0.717, 1.165) is 0 Å². The molecule has 0 aromatic heterocycles. The quantitative estimate of drug-likeness (QED) is 0.281. The lowest BCUT2D eigenvalue weighted by Crippen LogP contribution is -2.26. The second-order valence-electron chi connectivity index (χ2n) is 2.05. The van der Waals surface area contributed by atoms with Gasteiger partial charge in [0.25, 0.3) is 0 Å². The Labute approximate surface area is 74.2 Å². The molecule has 0 aliphatic rings. The van der Waals surface area contributed by atoms with E-state index in [1.54, 1.807) is 0 Å². The number of rotatable bonds is 6. The molecule has 0 aromatic carbocycles. The Balaban J connectivity index is 3.36. The summed E-state index contributed by atoms with van der Waals surface area (Å²) in [6.45, 7) is 0.565. The zero-order valence-corrected chi connectivity index (χ0v) is 6.92. The molecule has 0 spiro atoms. The van der Waals surface area contributed by atoms with Crippen LogP contribution in [0.1, 0.15) is 6.42 Å². The number of nitrogens with zero attached hydrogens (tertiary/aromatic N) is 6.